The fourth-order valence-corrected chi connectivity index (χ4v) is 2.17. The van der Waals surface area contributed by atoms with Crippen LogP contribution in [0, 0.1) is 0 Å². The van der Waals surface area contributed by atoms with Gasteiger partial charge in [-0.1, -0.05) is 18.2 Å². The number of hydrogen-bond donors (Lipinski definition) is 1. The van der Waals surface area contributed by atoms with Crippen LogP contribution in [0.3, 0.4) is 0 Å². The summed E-state index contributed by atoms with van der Waals surface area (Å²) < 4.78 is 0. The maximum absolute atomic E-state index is 3.99. The molecular weight excluding hydrogens is 220 g/mol. The molecule has 0 aliphatic heterocycles. The van der Waals surface area contributed by atoms with Gasteiger partial charge < -0.3 is 4.90 Å². The Labute approximate surface area is 99.1 Å². The maximum atomic E-state index is 3.99. The lowest BCUT2D eigenvalue weighted by molar-refractivity contribution is 0.909. The average Bonchev–Trinajstić information content (AvgIpc) is 2.83. The van der Waals surface area contributed by atoms with Gasteiger partial charge in [-0.2, -0.15) is 10.3 Å². The van der Waals surface area contributed by atoms with Crippen LogP contribution in [0.1, 0.15) is 0 Å². The molecular formula is C11H14N4S. The van der Waals surface area contributed by atoms with Crippen LogP contribution in [-0.4, -0.2) is 34.8 Å². The first kappa shape index (κ1) is 11.0. The summed E-state index contributed by atoms with van der Waals surface area (Å²) in [6.45, 7) is 0.988. The van der Waals surface area contributed by atoms with Crippen molar-refractivity contribution < 1.29 is 0 Å². The molecule has 1 aromatic carbocycles. The van der Waals surface area contributed by atoms with E-state index in [1.165, 1.54) is 5.69 Å². The molecule has 0 bridgehead atoms. The van der Waals surface area contributed by atoms with Gasteiger partial charge in [0.15, 0.2) is 0 Å². The molecule has 0 saturated heterocycles. The summed E-state index contributed by atoms with van der Waals surface area (Å²) in [6.07, 6.45) is 1.74. The second-order valence-corrected chi connectivity index (χ2v) is 4.53. The van der Waals surface area contributed by atoms with Crippen molar-refractivity contribution in [3.05, 3.63) is 36.5 Å². The number of anilines is 1. The minimum absolute atomic E-state index is 0.946. The third-order valence-corrected chi connectivity index (χ3v) is 3.15. The SMILES string of the molecule is CN(CCSc1cn[nH]n1)c1ccccc1. The van der Waals surface area contributed by atoms with Gasteiger partial charge in [-0.3, -0.25) is 0 Å². The number of rotatable bonds is 5. The van der Waals surface area contributed by atoms with Gasteiger partial charge in [-0.05, 0) is 12.1 Å². The number of aromatic nitrogens is 3. The van der Waals surface area contributed by atoms with Crippen molar-refractivity contribution in [2.75, 3.05) is 24.2 Å². The number of thioether (sulfide) groups is 1. The van der Waals surface area contributed by atoms with Gasteiger partial charge >= 0.3 is 0 Å². The second-order valence-electron chi connectivity index (χ2n) is 3.41. The Morgan fingerprint density at radius 3 is 2.81 bits per heavy atom. The molecule has 0 unspecified atom stereocenters. The fraction of sp³-hybridized carbons (Fsp3) is 0.273. The molecule has 0 radical (unpaired) electrons. The van der Waals surface area contributed by atoms with Crippen molar-refractivity contribution in [1.29, 1.82) is 0 Å². The van der Waals surface area contributed by atoms with E-state index >= 15 is 0 Å². The smallest absolute Gasteiger partial charge is 0.138 e. The van der Waals surface area contributed by atoms with Crippen molar-refractivity contribution >= 4 is 17.4 Å². The van der Waals surface area contributed by atoms with E-state index in [4.69, 9.17) is 0 Å². The molecule has 4 nitrogen and oxygen atoms in total. The lowest BCUT2D eigenvalue weighted by Crippen LogP contribution is -2.19. The third-order valence-electron chi connectivity index (χ3n) is 2.27. The van der Waals surface area contributed by atoms with E-state index in [1.807, 2.05) is 6.07 Å². The summed E-state index contributed by atoms with van der Waals surface area (Å²) in [5.74, 6) is 0.998. The molecule has 5 heteroatoms. The first-order valence-corrected chi connectivity index (χ1v) is 6.09. The summed E-state index contributed by atoms with van der Waals surface area (Å²) in [7, 11) is 2.10. The van der Waals surface area contributed by atoms with Crippen molar-refractivity contribution in [3.63, 3.8) is 0 Å². The van der Waals surface area contributed by atoms with Crippen LogP contribution in [0.5, 0.6) is 0 Å². The highest BCUT2D eigenvalue weighted by molar-refractivity contribution is 7.99. The molecule has 1 N–H and O–H groups in total. The van der Waals surface area contributed by atoms with Crippen LogP contribution < -0.4 is 4.90 Å². The summed E-state index contributed by atoms with van der Waals surface area (Å²) >= 11 is 1.70. The molecule has 0 spiro atoms. The lowest BCUT2D eigenvalue weighted by atomic mass is 10.3. The zero-order valence-corrected chi connectivity index (χ0v) is 9.94. The number of benzene rings is 1. The van der Waals surface area contributed by atoms with Crippen LogP contribution in [0.2, 0.25) is 0 Å². The Morgan fingerprint density at radius 2 is 2.12 bits per heavy atom. The zero-order chi connectivity index (χ0) is 11.2. The Balaban J connectivity index is 1.78. The van der Waals surface area contributed by atoms with Crippen molar-refractivity contribution in [1.82, 2.24) is 15.4 Å². The Kier molecular flexibility index (Phi) is 3.82. The van der Waals surface area contributed by atoms with E-state index in [0.29, 0.717) is 0 Å². The molecule has 0 fully saturated rings. The highest BCUT2D eigenvalue weighted by atomic mass is 32.2. The summed E-state index contributed by atoms with van der Waals surface area (Å²) in [6, 6.07) is 10.4. The predicted molar refractivity (Wildman–Crippen MR) is 66.8 cm³/mol. The monoisotopic (exact) mass is 234 g/mol. The molecule has 84 valence electrons. The lowest BCUT2D eigenvalue weighted by Gasteiger charge is -2.18. The second kappa shape index (κ2) is 5.55. The normalized spacial score (nSPS) is 10.3. The van der Waals surface area contributed by atoms with E-state index in [1.54, 1.807) is 18.0 Å². The molecule has 0 aliphatic rings. The molecule has 1 aromatic heterocycles. The van der Waals surface area contributed by atoms with E-state index in [-0.39, 0.29) is 0 Å². The molecule has 0 saturated carbocycles. The highest BCUT2D eigenvalue weighted by Gasteiger charge is 2.01. The van der Waals surface area contributed by atoms with Gasteiger partial charge in [0.05, 0.1) is 6.20 Å². The molecule has 0 atom stereocenters. The minimum Gasteiger partial charge on any atom is -0.374 e. The number of nitrogens with one attached hydrogen (secondary N) is 1. The number of hydrogen-bond acceptors (Lipinski definition) is 4. The van der Waals surface area contributed by atoms with E-state index in [0.717, 1.165) is 17.3 Å². The molecule has 16 heavy (non-hydrogen) atoms. The number of para-hydroxylation sites is 1. The van der Waals surface area contributed by atoms with E-state index in [9.17, 15) is 0 Å². The Bertz CT molecular complexity index is 401. The van der Waals surface area contributed by atoms with Crippen molar-refractivity contribution in [2.24, 2.45) is 0 Å². The maximum Gasteiger partial charge on any atom is 0.138 e. The van der Waals surface area contributed by atoms with Gasteiger partial charge in [0.25, 0.3) is 0 Å². The number of nitrogens with zero attached hydrogens (tertiary/aromatic N) is 3. The van der Waals surface area contributed by atoms with Gasteiger partial charge in [0.1, 0.15) is 5.03 Å². The fourth-order valence-electron chi connectivity index (χ4n) is 1.36. The first-order chi connectivity index (χ1) is 7.86. The average molecular weight is 234 g/mol. The van der Waals surface area contributed by atoms with Gasteiger partial charge in [-0.25, -0.2) is 0 Å². The molecule has 2 rings (SSSR count). The minimum atomic E-state index is 0.946. The zero-order valence-electron chi connectivity index (χ0n) is 9.13. The van der Waals surface area contributed by atoms with E-state index in [2.05, 4.69) is 51.6 Å². The Morgan fingerprint density at radius 1 is 1.31 bits per heavy atom. The van der Waals surface area contributed by atoms with Crippen molar-refractivity contribution in [2.45, 2.75) is 5.03 Å². The van der Waals surface area contributed by atoms with E-state index < -0.39 is 0 Å². The number of aromatic amines is 1. The topological polar surface area (TPSA) is 44.8 Å². The van der Waals surface area contributed by atoms with Crippen LogP contribution >= 0.6 is 11.8 Å². The molecule has 0 amide bonds. The highest BCUT2D eigenvalue weighted by Crippen LogP contribution is 2.15. The first-order valence-electron chi connectivity index (χ1n) is 5.11. The summed E-state index contributed by atoms with van der Waals surface area (Å²) in [5, 5.41) is 11.3. The van der Waals surface area contributed by atoms with Crippen LogP contribution in [-0.2, 0) is 0 Å². The van der Waals surface area contributed by atoms with Crippen LogP contribution in [0.4, 0.5) is 5.69 Å². The standard InChI is InChI=1S/C11H14N4S/c1-15(10-5-3-2-4-6-10)7-8-16-11-9-12-14-13-11/h2-6,9H,7-8H2,1H3,(H,12,13,14). The third kappa shape index (κ3) is 3.00. The summed E-state index contributed by atoms with van der Waals surface area (Å²) in [4.78, 5) is 2.23. The largest absolute Gasteiger partial charge is 0.374 e. The summed E-state index contributed by atoms with van der Waals surface area (Å²) in [5.41, 5.74) is 1.24. The molecule has 1 heterocycles. The number of H-pyrrole nitrogens is 1. The van der Waals surface area contributed by atoms with Gasteiger partial charge in [0, 0.05) is 25.0 Å². The van der Waals surface area contributed by atoms with Crippen LogP contribution in [0.25, 0.3) is 0 Å². The van der Waals surface area contributed by atoms with Gasteiger partial charge in [-0.15, -0.1) is 16.9 Å². The molecule has 2 aromatic rings. The molecule has 0 aliphatic carbocycles. The Hall–Kier alpha value is -1.49. The van der Waals surface area contributed by atoms with Crippen molar-refractivity contribution in [3.8, 4) is 0 Å². The van der Waals surface area contributed by atoms with Crippen LogP contribution in [0.15, 0.2) is 41.6 Å². The quantitative estimate of drug-likeness (QED) is 0.804. The van der Waals surface area contributed by atoms with Gasteiger partial charge in [0.2, 0.25) is 0 Å². The predicted octanol–water partition coefficient (Wildman–Crippen LogP) is 2.03.